The minimum atomic E-state index is -0.432. The van der Waals surface area contributed by atoms with E-state index in [-0.39, 0.29) is 12.5 Å². The molecule has 3 aromatic rings. The van der Waals surface area contributed by atoms with Crippen molar-refractivity contribution in [2.45, 2.75) is 26.2 Å². The number of nitrogens with one attached hydrogen (secondary N) is 2. The Hall–Kier alpha value is -3.54. The van der Waals surface area contributed by atoms with Crippen LogP contribution in [-0.4, -0.2) is 25.5 Å². The average Bonchev–Trinajstić information content (AvgIpc) is 2.80. The lowest BCUT2D eigenvalue weighted by Gasteiger charge is -2.15. The summed E-state index contributed by atoms with van der Waals surface area (Å²) in [6, 6.07) is 19.2. The first kappa shape index (κ1) is 21.2. The molecule has 6 nitrogen and oxygen atoms in total. The van der Waals surface area contributed by atoms with E-state index < -0.39 is 11.8 Å². The fraction of sp³-hybridized carbons (Fsp3) is 0.250. The first-order chi connectivity index (χ1) is 14.5. The smallest absolute Gasteiger partial charge is 0.276 e. The summed E-state index contributed by atoms with van der Waals surface area (Å²) in [7, 11) is 1.63. The lowest BCUT2D eigenvalue weighted by atomic mass is 9.97. The predicted octanol–water partition coefficient (Wildman–Crippen LogP) is 3.74. The SMILES string of the molecule is CCc1ccccc1OCC(=O)NNC(=O)[C@@H](C)c1ccc2cc(OC)ccc2c1. The number of ether oxygens (including phenoxy) is 2. The van der Waals surface area contributed by atoms with E-state index in [0.29, 0.717) is 5.75 Å². The van der Waals surface area contributed by atoms with Gasteiger partial charge in [-0.3, -0.25) is 20.4 Å². The maximum absolute atomic E-state index is 12.5. The molecule has 3 aromatic carbocycles. The van der Waals surface area contributed by atoms with Gasteiger partial charge in [-0.2, -0.15) is 0 Å². The highest BCUT2D eigenvalue weighted by Crippen LogP contribution is 2.25. The quantitative estimate of drug-likeness (QED) is 0.586. The molecular formula is C24H26N2O4. The first-order valence-corrected chi connectivity index (χ1v) is 9.89. The van der Waals surface area contributed by atoms with E-state index in [4.69, 9.17) is 9.47 Å². The van der Waals surface area contributed by atoms with Gasteiger partial charge in [-0.25, -0.2) is 0 Å². The lowest BCUT2D eigenvalue weighted by molar-refractivity contribution is -0.130. The molecule has 0 aliphatic heterocycles. The Morgan fingerprint density at radius 1 is 0.967 bits per heavy atom. The van der Waals surface area contributed by atoms with Crippen LogP contribution in [0.1, 0.15) is 30.9 Å². The molecule has 0 spiro atoms. The van der Waals surface area contributed by atoms with Crippen molar-refractivity contribution < 1.29 is 19.1 Å². The fourth-order valence-corrected chi connectivity index (χ4v) is 3.15. The standard InChI is InChI=1S/C24H26N2O4/c1-4-17-7-5-6-8-22(17)30-15-23(27)25-26-24(28)16(2)18-9-10-20-14-21(29-3)12-11-19(20)13-18/h5-14,16H,4,15H2,1-3H3,(H,25,27)(H,26,28)/t16-/m0/s1. The van der Waals surface area contributed by atoms with Crippen LogP contribution in [-0.2, 0) is 16.0 Å². The highest BCUT2D eigenvalue weighted by atomic mass is 16.5. The van der Waals surface area contributed by atoms with Gasteiger partial charge in [0, 0.05) is 0 Å². The van der Waals surface area contributed by atoms with E-state index in [1.54, 1.807) is 14.0 Å². The van der Waals surface area contributed by atoms with Crippen LogP contribution < -0.4 is 20.3 Å². The number of carbonyl (C=O) groups excluding carboxylic acids is 2. The summed E-state index contributed by atoms with van der Waals surface area (Å²) in [6.45, 7) is 3.64. The van der Waals surface area contributed by atoms with Crippen LogP contribution in [0.3, 0.4) is 0 Å². The van der Waals surface area contributed by atoms with Gasteiger partial charge in [-0.15, -0.1) is 0 Å². The molecule has 0 saturated heterocycles. The highest BCUT2D eigenvalue weighted by molar-refractivity contribution is 5.89. The van der Waals surface area contributed by atoms with Crippen molar-refractivity contribution in [3.8, 4) is 11.5 Å². The van der Waals surface area contributed by atoms with E-state index in [0.717, 1.165) is 34.1 Å². The maximum atomic E-state index is 12.5. The molecule has 0 aliphatic carbocycles. The number of hydrogen-bond acceptors (Lipinski definition) is 4. The fourth-order valence-electron chi connectivity index (χ4n) is 3.15. The zero-order chi connectivity index (χ0) is 21.5. The van der Waals surface area contributed by atoms with Crippen molar-refractivity contribution in [3.63, 3.8) is 0 Å². The average molecular weight is 406 g/mol. The number of benzene rings is 3. The summed E-state index contributed by atoms with van der Waals surface area (Å²) in [5, 5.41) is 2.04. The second-order valence-electron chi connectivity index (χ2n) is 6.98. The second-order valence-corrected chi connectivity index (χ2v) is 6.98. The summed E-state index contributed by atoms with van der Waals surface area (Å²) in [4.78, 5) is 24.5. The molecule has 2 amide bonds. The Balaban J connectivity index is 1.55. The van der Waals surface area contributed by atoms with Crippen molar-refractivity contribution in [1.29, 1.82) is 0 Å². The van der Waals surface area contributed by atoms with Crippen molar-refractivity contribution in [2.75, 3.05) is 13.7 Å². The van der Waals surface area contributed by atoms with E-state index in [1.165, 1.54) is 0 Å². The molecule has 0 heterocycles. The molecule has 1 atom stereocenters. The van der Waals surface area contributed by atoms with Crippen LogP contribution in [0.25, 0.3) is 10.8 Å². The number of carbonyl (C=O) groups is 2. The van der Waals surface area contributed by atoms with E-state index >= 15 is 0 Å². The molecule has 0 fully saturated rings. The summed E-state index contributed by atoms with van der Waals surface area (Å²) in [5.74, 6) is 0.297. The van der Waals surface area contributed by atoms with Gasteiger partial charge in [0.15, 0.2) is 6.61 Å². The van der Waals surface area contributed by atoms with Gasteiger partial charge >= 0.3 is 0 Å². The van der Waals surface area contributed by atoms with Gasteiger partial charge in [0.2, 0.25) is 5.91 Å². The molecular weight excluding hydrogens is 380 g/mol. The number of amides is 2. The van der Waals surface area contributed by atoms with E-state index in [9.17, 15) is 9.59 Å². The molecule has 6 heteroatoms. The van der Waals surface area contributed by atoms with Crippen molar-refractivity contribution in [3.05, 3.63) is 71.8 Å². The van der Waals surface area contributed by atoms with Gasteiger partial charge in [-0.05, 0) is 53.4 Å². The monoisotopic (exact) mass is 406 g/mol. The normalized spacial score (nSPS) is 11.6. The van der Waals surface area contributed by atoms with Crippen LogP contribution >= 0.6 is 0 Å². The summed E-state index contributed by atoms with van der Waals surface area (Å²) in [6.07, 6.45) is 0.810. The van der Waals surface area contributed by atoms with Crippen molar-refractivity contribution >= 4 is 22.6 Å². The molecule has 0 aliphatic rings. The predicted molar refractivity (Wildman–Crippen MR) is 117 cm³/mol. The van der Waals surface area contributed by atoms with Gasteiger partial charge in [0.05, 0.1) is 13.0 Å². The van der Waals surface area contributed by atoms with Crippen LogP contribution in [0.5, 0.6) is 11.5 Å². The Labute approximate surface area is 176 Å². The Kier molecular flexibility index (Phi) is 6.91. The van der Waals surface area contributed by atoms with Gasteiger partial charge in [-0.1, -0.05) is 49.4 Å². The Morgan fingerprint density at radius 2 is 1.70 bits per heavy atom. The number of methoxy groups -OCH3 is 1. The molecule has 3 rings (SSSR count). The molecule has 156 valence electrons. The summed E-state index contributed by atoms with van der Waals surface area (Å²) in [5.41, 5.74) is 6.77. The maximum Gasteiger partial charge on any atom is 0.276 e. The molecule has 0 unspecified atom stereocenters. The molecule has 0 bridgehead atoms. The van der Waals surface area contributed by atoms with Gasteiger partial charge in [0.25, 0.3) is 5.91 Å². The zero-order valence-corrected chi connectivity index (χ0v) is 17.4. The highest BCUT2D eigenvalue weighted by Gasteiger charge is 2.16. The lowest BCUT2D eigenvalue weighted by Crippen LogP contribution is -2.45. The van der Waals surface area contributed by atoms with E-state index in [2.05, 4.69) is 10.9 Å². The third-order valence-corrected chi connectivity index (χ3v) is 5.00. The van der Waals surface area contributed by atoms with E-state index in [1.807, 2.05) is 67.6 Å². The van der Waals surface area contributed by atoms with Crippen LogP contribution in [0.4, 0.5) is 0 Å². The third-order valence-electron chi connectivity index (χ3n) is 5.00. The van der Waals surface area contributed by atoms with Crippen LogP contribution in [0.2, 0.25) is 0 Å². The number of para-hydroxylation sites is 1. The number of hydrogen-bond donors (Lipinski definition) is 2. The number of fused-ring (bicyclic) bond motifs is 1. The van der Waals surface area contributed by atoms with Crippen molar-refractivity contribution in [2.24, 2.45) is 0 Å². The van der Waals surface area contributed by atoms with Crippen LogP contribution in [0.15, 0.2) is 60.7 Å². The molecule has 2 N–H and O–H groups in total. The Morgan fingerprint density at radius 3 is 2.47 bits per heavy atom. The number of hydrazine groups is 1. The molecule has 0 radical (unpaired) electrons. The second kappa shape index (κ2) is 9.78. The minimum Gasteiger partial charge on any atom is -0.497 e. The number of rotatable bonds is 7. The molecule has 0 aromatic heterocycles. The largest absolute Gasteiger partial charge is 0.497 e. The topological polar surface area (TPSA) is 76.7 Å². The minimum absolute atomic E-state index is 0.177. The zero-order valence-electron chi connectivity index (χ0n) is 17.4. The molecule has 30 heavy (non-hydrogen) atoms. The van der Waals surface area contributed by atoms with Gasteiger partial charge < -0.3 is 9.47 Å². The van der Waals surface area contributed by atoms with Crippen molar-refractivity contribution in [1.82, 2.24) is 10.9 Å². The third kappa shape index (κ3) is 5.08. The van der Waals surface area contributed by atoms with Crippen LogP contribution in [0, 0.1) is 0 Å². The summed E-state index contributed by atoms with van der Waals surface area (Å²) >= 11 is 0. The summed E-state index contributed by atoms with van der Waals surface area (Å²) < 4.78 is 10.8. The first-order valence-electron chi connectivity index (χ1n) is 9.89. The number of aryl methyl sites for hydroxylation is 1. The Bertz CT molecular complexity index is 1050. The molecule has 0 saturated carbocycles. The van der Waals surface area contributed by atoms with Gasteiger partial charge in [0.1, 0.15) is 11.5 Å².